The van der Waals surface area contributed by atoms with Crippen molar-refractivity contribution in [3.63, 3.8) is 0 Å². The van der Waals surface area contributed by atoms with Crippen LogP contribution in [-0.4, -0.2) is 46.1 Å². The van der Waals surface area contributed by atoms with E-state index in [0.717, 1.165) is 15.9 Å². The number of sulfone groups is 1. The van der Waals surface area contributed by atoms with E-state index in [1.807, 2.05) is 4.52 Å². The molecule has 1 saturated heterocycles. The summed E-state index contributed by atoms with van der Waals surface area (Å²) >= 11 is 3.61. The largest absolute Gasteiger partial charge is 0.352 e. The summed E-state index contributed by atoms with van der Waals surface area (Å²) in [6.45, 7) is 6.37. The molecule has 2 aromatic rings. The van der Waals surface area contributed by atoms with Gasteiger partial charge in [-0.3, -0.25) is 0 Å². The lowest BCUT2D eigenvalue weighted by Crippen LogP contribution is -2.47. The molecule has 6 nitrogen and oxygen atoms in total. The SMILES string of the molecule is CC(C)S(=O)(=O)[C@H]1CCN(c2ncnn3c(Br)cc(C4CC4)c23)[C@@H](C)C1. The maximum atomic E-state index is 12.6. The number of nitrogens with zero attached hydrogens (tertiary/aromatic N) is 4. The molecule has 0 radical (unpaired) electrons. The number of hydrogen-bond acceptors (Lipinski definition) is 5. The van der Waals surface area contributed by atoms with Crippen molar-refractivity contribution in [3.05, 3.63) is 22.6 Å². The summed E-state index contributed by atoms with van der Waals surface area (Å²) in [7, 11) is -3.06. The van der Waals surface area contributed by atoms with Crippen LogP contribution in [0, 0.1) is 0 Å². The minimum Gasteiger partial charge on any atom is -0.352 e. The lowest BCUT2D eigenvalue weighted by molar-refractivity contribution is 0.464. The molecule has 142 valence electrons. The average Bonchev–Trinajstić information content (AvgIpc) is 3.39. The molecular weight excluding hydrogens is 416 g/mol. The number of halogens is 1. The molecule has 1 aliphatic heterocycles. The molecule has 0 aromatic carbocycles. The third-order valence-electron chi connectivity index (χ3n) is 5.76. The van der Waals surface area contributed by atoms with Gasteiger partial charge in [0, 0.05) is 12.6 Å². The molecule has 8 heteroatoms. The average molecular weight is 441 g/mol. The van der Waals surface area contributed by atoms with Gasteiger partial charge in [-0.2, -0.15) is 5.10 Å². The number of rotatable bonds is 4. The number of aromatic nitrogens is 3. The Kier molecular flexibility index (Phi) is 4.54. The van der Waals surface area contributed by atoms with E-state index < -0.39 is 9.84 Å². The second-order valence-corrected chi connectivity index (χ2v) is 11.5. The minimum atomic E-state index is -3.06. The summed E-state index contributed by atoms with van der Waals surface area (Å²) in [6.07, 6.45) is 5.32. The third-order valence-corrected chi connectivity index (χ3v) is 9.00. The van der Waals surface area contributed by atoms with E-state index >= 15 is 0 Å². The Morgan fingerprint density at radius 2 is 2.00 bits per heavy atom. The van der Waals surface area contributed by atoms with Gasteiger partial charge in [0.1, 0.15) is 16.4 Å². The number of anilines is 1. The fourth-order valence-corrected chi connectivity index (χ4v) is 6.33. The minimum absolute atomic E-state index is 0.127. The van der Waals surface area contributed by atoms with Crippen LogP contribution in [0.5, 0.6) is 0 Å². The van der Waals surface area contributed by atoms with Gasteiger partial charge in [0.2, 0.25) is 0 Å². The zero-order valence-corrected chi connectivity index (χ0v) is 17.8. The Bertz CT molecular complexity index is 936. The van der Waals surface area contributed by atoms with Crippen molar-refractivity contribution in [1.82, 2.24) is 14.6 Å². The Morgan fingerprint density at radius 1 is 1.27 bits per heavy atom. The van der Waals surface area contributed by atoms with Crippen molar-refractivity contribution in [3.8, 4) is 0 Å². The summed E-state index contributed by atoms with van der Waals surface area (Å²) in [5.41, 5.74) is 2.37. The first kappa shape index (κ1) is 18.2. The third kappa shape index (κ3) is 2.95. The lowest BCUT2D eigenvalue weighted by atomic mass is 10.0. The van der Waals surface area contributed by atoms with E-state index in [-0.39, 0.29) is 16.5 Å². The summed E-state index contributed by atoms with van der Waals surface area (Å²) in [4.78, 5) is 6.88. The summed E-state index contributed by atoms with van der Waals surface area (Å²) in [5.74, 6) is 1.52. The quantitative estimate of drug-likeness (QED) is 0.726. The van der Waals surface area contributed by atoms with Gasteiger partial charge in [-0.25, -0.2) is 17.9 Å². The Hall–Kier alpha value is -1.15. The molecule has 0 amide bonds. The zero-order valence-electron chi connectivity index (χ0n) is 15.4. The lowest BCUT2D eigenvalue weighted by Gasteiger charge is -2.39. The summed E-state index contributed by atoms with van der Waals surface area (Å²) in [6, 6.07) is 2.29. The molecule has 0 bridgehead atoms. The molecule has 2 aromatic heterocycles. The molecule has 26 heavy (non-hydrogen) atoms. The Balaban J connectivity index is 1.69. The van der Waals surface area contributed by atoms with E-state index in [2.05, 4.69) is 43.9 Å². The smallest absolute Gasteiger partial charge is 0.157 e. The van der Waals surface area contributed by atoms with Gasteiger partial charge in [-0.05, 0) is 79.9 Å². The normalized spacial score (nSPS) is 24.6. The highest BCUT2D eigenvalue weighted by atomic mass is 79.9. The first-order valence-electron chi connectivity index (χ1n) is 9.32. The van der Waals surface area contributed by atoms with E-state index in [9.17, 15) is 8.42 Å². The molecule has 0 spiro atoms. The van der Waals surface area contributed by atoms with Crippen LogP contribution in [-0.2, 0) is 9.84 Å². The van der Waals surface area contributed by atoms with Crippen LogP contribution >= 0.6 is 15.9 Å². The van der Waals surface area contributed by atoms with Crippen LogP contribution in [0.25, 0.3) is 5.52 Å². The van der Waals surface area contributed by atoms with Gasteiger partial charge in [-0.1, -0.05) is 0 Å². The zero-order chi connectivity index (χ0) is 18.6. The Labute approximate surface area is 163 Å². The van der Waals surface area contributed by atoms with Crippen molar-refractivity contribution in [2.45, 2.75) is 68.9 Å². The monoisotopic (exact) mass is 440 g/mol. The topological polar surface area (TPSA) is 67.6 Å². The van der Waals surface area contributed by atoms with Gasteiger partial charge in [-0.15, -0.1) is 0 Å². The first-order valence-corrected chi connectivity index (χ1v) is 11.7. The fraction of sp³-hybridized carbons (Fsp3) is 0.667. The van der Waals surface area contributed by atoms with Crippen LogP contribution in [0.2, 0.25) is 0 Å². The predicted molar refractivity (Wildman–Crippen MR) is 107 cm³/mol. The highest BCUT2D eigenvalue weighted by Gasteiger charge is 2.37. The second-order valence-electron chi connectivity index (χ2n) is 7.87. The molecule has 2 fully saturated rings. The second kappa shape index (κ2) is 6.48. The van der Waals surface area contributed by atoms with Crippen molar-refractivity contribution >= 4 is 37.1 Å². The Morgan fingerprint density at radius 3 is 2.62 bits per heavy atom. The van der Waals surface area contributed by atoms with Crippen molar-refractivity contribution < 1.29 is 8.42 Å². The number of fused-ring (bicyclic) bond motifs is 1. The molecule has 0 unspecified atom stereocenters. The van der Waals surface area contributed by atoms with E-state index in [0.29, 0.717) is 25.3 Å². The van der Waals surface area contributed by atoms with Crippen molar-refractivity contribution in [1.29, 1.82) is 0 Å². The summed E-state index contributed by atoms with van der Waals surface area (Å²) in [5, 5.41) is 3.83. The van der Waals surface area contributed by atoms with E-state index in [4.69, 9.17) is 0 Å². The highest BCUT2D eigenvalue weighted by molar-refractivity contribution is 9.10. The van der Waals surface area contributed by atoms with Crippen LogP contribution in [0.15, 0.2) is 17.0 Å². The van der Waals surface area contributed by atoms with Crippen LogP contribution in [0.3, 0.4) is 0 Å². The van der Waals surface area contributed by atoms with Crippen molar-refractivity contribution in [2.75, 3.05) is 11.4 Å². The maximum Gasteiger partial charge on any atom is 0.157 e. The van der Waals surface area contributed by atoms with E-state index in [1.54, 1.807) is 20.2 Å². The van der Waals surface area contributed by atoms with E-state index in [1.165, 1.54) is 18.4 Å². The number of hydrogen-bond donors (Lipinski definition) is 0. The molecule has 1 saturated carbocycles. The van der Waals surface area contributed by atoms with Gasteiger partial charge < -0.3 is 4.90 Å². The molecule has 3 heterocycles. The molecule has 4 rings (SSSR count). The summed E-state index contributed by atoms with van der Waals surface area (Å²) < 4.78 is 28.0. The van der Waals surface area contributed by atoms with Crippen LogP contribution < -0.4 is 4.90 Å². The maximum absolute atomic E-state index is 12.6. The molecule has 1 aliphatic carbocycles. The van der Waals surface area contributed by atoms with Crippen LogP contribution in [0.1, 0.15) is 57.9 Å². The molecule has 0 N–H and O–H groups in total. The van der Waals surface area contributed by atoms with Crippen molar-refractivity contribution in [2.24, 2.45) is 0 Å². The van der Waals surface area contributed by atoms with Gasteiger partial charge >= 0.3 is 0 Å². The van der Waals surface area contributed by atoms with Crippen LogP contribution in [0.4, 0.5) is 5.82 Å². The molecule has 2 atom stereocenters. The molecular formula is C18H25BrN4O2S. The van der Waals surface area contributed by atoms with Gasteiger partial charge in [0.15, 0.2) is 15.7 Å². The number of piperidine rings is 1. The fourth-order valence-electron chi connectivity index (χ4n) is 4.06. The van der Waals surface area contributed by atoms with Gasteiger partial charge in [0.05, 0.1) is 10.5 Å². The first-order chi connectivity index (χ1) is 12.3. The van der Waals surface area contributed by atoms with Gasteiger partial charge in [0.25, 0.3) is 0 Å². The highest BCUT2D eigenvalue weighted by Crippen LogP contribution is 2.45. The molecule has 2 aliphatic rings. The predicted octanol–water partition coefficient (Wildman–Crippen LogP) is 3.55. The standard InChI is InChI=1S/C18H25BrN4O2S/c1-11(2)26(24,25)14-6-7-22(12(3)8-14)18-17-15(13-4-5-13)9-16(19)23(17)21-10-20-18/h9-14H,4-8H2,1-3H3/t12-,14-/m0/s1.